The SMILES string of the molecule is CC(CO)SC(C)C(=O)Nc1ccc(N)cc1. The molecule has 2 atom stereocenters. The first-order chi connectivity index (χ1) is 8.02. The fraction of sp³-hybridized carbons (Fsp3) is 0.417. The van der Waals surface area contributed by atoms with Crippen LogP contribution in [0.2, 0.25) is 0 Å². The number of benzene rings is 1. The van der Waals surface area contributed by atoms with E-state index in [1.165, 1.54) is 11.8 Å². The van der Waals surface area contributed by atoms with Gasteiger partial charge in [0.2, 0.25) is 5.91 Å². The van der Waals surface area contributed by atoms with E-state index >= 15 is 0 Å². The van der Waals surface area contributed by atoms with Crippen molar-refractivity contribution in [1.82, 2.24) is 0 Å². The number of nitrogens with two attached hydrogens (primary N) is 1. The summed E-state index contributed by atoms with van der Waals surface area (Å²) in [4.78, 5) is 11.8. The van der Waals surface area contributed by atoms with Crippen LogP contribution in [0.5, 0.6) is 0 Å². The number of aliphatic hydroxyl groups is 1. The Morgan fingerprint density at radius 1 is 1.41 bits per heavy atom. The van der Waals surface area contributed by atoms with Crippen LogP contribution in [0.3, 0.4) is 0 Å². The smallest absolute Gasteiger partial charge is 0.237 e. The van der Waals surface area contributed by atoms with Crippen molar-refractivity contribution in [1.29, 1.82) is 0 Å². The van der Waals surface area contributed by atoms with Gasteiger partial charge in [-0.2, -0.15) is 0 Å². The van der Waals surface area contributed by atoms with Crippen LogP contribution < -0.4 is 11.1 Å². The first-order valence-electron chi connectivity index (χ1n) is 5.45. The molecule has 0 aliphatic rings. The first kappa shape index (κ1) is 13.9. The van der Waals surface area contributed by atoms with Crippen LogP contribution in [0.4, 0.5) is 11.4 Å². The van der Waals surface area contributed by atoms with Gasteiger partial charge in [-0.15, -0.1) is 11.8 Å². The Bertz CT molecular complexity index is 367. The van der Waals surface area contributed by atoms with Gasteiger partial charge in [0.25, 0.3) is 0 Å². The van der Waals surface area contributed by atoms with E-state index in [4.69, 9.17) is 10.8 Å². The summed E-state index contributed by atoms with van der Waals surface area (Å²) in [5, 5.41) is 11.6. The van der Waals surface area contributed by atoms with Crippen LogP contribution in [0, 0.1) is 0 Å². The number of nitrogen functional groups attached to an aromatic ring is 1. The molecule has 0 spiro atoms. The molecule has 0 aliphatic carbocycles. The second-order valence-electron chi connectivity index (χ2n) is 3.88. The molecule has 0 aromatic heterocycles. The Balaban J connectivity index is 2.51. The van der Waals surface area contributed by atoms with Crippen molar-refractivity contribution in [2.24, 2.45) is 0 Å². The third-order valence-corrected chi connectivity index (χ3v) is 3.48. The second-order valence-corrected chi connectivity index (χ2v) is 5.67. The van der Waals surface area contributed by atoms with Gasteiger partial charge in [0.15, 0.2) is 0 Å². The van der Waals surface area contributed by atoms with Crippen LogP contribution in [0.25, 0.3) is 0 Å². The molecule has 2 unspecified atom stereocenters. The summed E-state index contributed by atoms with van der Waals surface area (Å²) in [7, 11) is 0. The monoisotopic (exact) mass is 254 g/mol. The van der Waals surface area contributed by atoms with E-state index in [0.717, 1.165) is 5.69 Å². The third kappa shape index (κ3) is 4.66. The minimum Gasteiger partial charge on any atom is -0.399 e. The molecule has 0 radical (unpaired) electrons. The van der Waals surface area contributed by atoms with E-state index < -0.39 is 0 Å². The predicted octanol–water partition coefficient (Wildman–Crippen LogP) is 1.71. The summed E-state index contributed by atoms with van der Waals surface area (Å²) < 4.78 is 0. The molecule has 0 bridgehead atoms. The van der Waals surface area contributed by atoms with Crippen molar-refractivity contribution in [3.63, 3.8) is 0 Å². The maximum absolute atomic E-state index is 11.8. The van der Waals surface area contributed by atoms with E-state index in [0.29, 0.717) is 5.69 Å². The Kier molecular flexibility index (Phi) is 5.31. The van der Waals surface area contributed by atoms with Gasteiger partial charge in [-0.05, 0) is 31.2 Å². The van der Waals surface area contributed by atoms with Gasteiger partial charge < -0.3 is 16.2 Å². The van der Waals surface area contributed by atoms with Crippen molar-refractivity contribution in [3.8, 4) is 0 Å². The lowest BCUT2D eigenvalue weighted by atomic mass is 10.3. The number of anilines is 2. The number of carbonyl (C=O) groups is 1. The Labute approximate surface area is 106 Å². The lowest BCUT2D eigenvalue weighted by Crippen LogP contribution is -2.24. The highest BCUT2D eigenvalue weighted by atomic mass is 32.2. The van der Waals surface area contributed by atoms with Gasteiger partial charge in [-0.1, -0.05) is 6.92 Å². The summed E-state index contributed by atoms with van der Waals surface area (Å²) in [6.07, 6.45) is 0. The average molecular weight is 254 g/mol. The highest BCUT2D eigenvalue weighted by molar-refractivity contribution is 8.01. The van der Waals surface area contributed by atoms with Gasteiger partial charge in [0, 0.05) is 16.6 Å². The van der Waals surface area contributed by atoms with Gasteiger partial charge >= 0.3 is 0 Å². The molecule has 0 aliphatic heterocycles. The second kappa shape index (κ2) is 6.51. The maximum Gasteiger partial charge on any atom is 0.237 e. The molecule has 1 aromatic carbocycles. The summed E-state index contributed by atoms with van der Waals surface area (Å²) in [5.74, 6) is -0.0694. The van der Waals surface area contributed by atoms with Crippen LogP contribution >= 0.6 is 11.8 Å². The van der Waals surface area contributed by atoms with Crippen LogP contribution in [-0.2, 0) is 4.79 Å². The molecule has 0 saturated carbocycles. The minimum atomic E-state index is -0.199. The average Bonchev–Trinajstić information content (AvgIpc) is 2.31. The number of thioether (sulfide) groups is 1. The standard InChI is InChI=1S/C12H18N2O2S/c1-8(7-15)17-9(2)12(16)14-11-5-3-10(13)4-6-11/h3-6,8-9,15H,7,13H2,1-2H3,(H,14,16). The van der Waals surface area contributed by atoms with Gasteiger partial charge in [0.1, 0.15) is 0 Å². The number of amides is 1. The van der Waals surface area contributed by atoms with Crippen molar-refractivity contribution in [2.45, 2.75) is 24.3 Å². The Hall–Kier alpha value is -1.20. The molecule has 4 N–H and O–H groups in total. The van der Waals surface area contributed by atoms with E-state index in [9.17, 15) is 4.79 Å². The van der Waals surface area contributed by atoms with Gasteiger partial charge in [-0.3, -0.25) is 4.79 Å². The molecule has 0 fully saturated rings. The molecule has 17 heavy (non-hydrogen) atoms. The van der Waals surface area contributed by atoms with Gasteiger partial charge in [-0.25, -0.2) is 0 Å². The van der Waals surface area contributed by atoms with E-state index in [-0.39, 0.29) is 23.0 Å². The molecule has 94 valence electrons. The normalized spacial score (nSPS) is 14.1. The van der Waals surface area contributed by atoms with Crippen molar-refractivity contribution < 1.29 is 9.90 Å². The summed E-state index contributed by atoms with van der Waals surface area (Å²) >= 11 is 1.44. The minimum absolute atomic E-state index is 0.0576. The van der Waals surface area contributed by atoms with Crippen molar-refractivity contribution in [3.05, 3.63) is 24.3 Å². The number of nitrogens with one attached hydrogen (secondary N) is 1. The van der Waals surface area contributed by atoms with Gasteiger partial charge in [0.05, 0.1) is 11.9 Å². The maximum atomic E-state index is 11.8. The predicted molar refractivity (Wildman–Crippen MR) is 73.1 cm³/mol. The number of aliphatic hydroxyl groups excluding tert-OH is 1. The third-order valence-electron chi connectivity index (χ3n) is 2.24. The highest BCUT2D eigenvalue weighted by Crippen LogP contribution is 2.19. The number of rotatable bonds is 5. The highest BCUT2D eigenvalue weighted by Gasteiger charge is 2.16. The zero-order chi connectivity index (χ0) is 12.8. The molecular weight excluding hydrogens is 236 g/mol. The number of hydrogen-bond acceptors (Lipinski definition) is 4. The molecule has 1 rings (SSSR count). The molecule has 5 heteroatoms. The van der Waals surface area contributed by atoms with E-state index in [1.807, 2.05) is 13.8 Å². The number of hydrogen-bond donors (Lipinski definition) is 3. The van der Waals surface area contributed by atoms with Crippen LogP contribution in [0.15, 0.2) is 24.3 Å². The molecule has 0 heterocycles. The zero-order valence-corrected chi connectivity index (χ0v) is 10.8. The van der Waals surface area contributed by atoms with Crippen molar-refractivity contribution >= 4 is 29.0 Å². The zero-order valence-electron chi connectivity index (χ0n) is 10.0. The summed E-state index contributed by atoms with van der Waals surface area (Å²) in [6, 6.07) is 7.01. The lowest BCUT2D eigenvalue weighted by Gasteiger charge is -2.15. The number of carbonyl (C=O) groups excluding carboxylic acids is 1. The molecule has 4 nitrogen and oxygen atoms in total. The largest absolute Gasteiger partial charge is 0.399 e. The van der Waals surface area contributed by atoms with Crippen molar-refractivity contribution in [2.75, 3.05) is 17.7 Å². The lowest BCUT2D eigenvalue weighted by molar-refractivity contribution is -0.115. The Morgan fingerprint density at radius 3 is 2.53 bits per heavy atom. The first-order valence-corrected chi connectivity index (χ1v) is 6.40. The van der Waals surface area contributed by atoms with E-state index in [2.05, 4.69) is 5.32 Å². The molecular formula is C12H18N2O2S. The quantitative estimate of drug-likeness (QED) is 0.699. The molecule has 1 aromatic rings. The topological polar surface area (TPSA) is 75.3 Å². The Morgan fingerprint density at radius 2 is 2.00 bits per heavy atom. The summed E-state index contributed by atoms with van der Waals surface area (Å²) in [6.45, 7) is 3.78. The van der Waals surface area contributed by atoms with E-state index in [1.54, 1.807) is 24.3 Å². The molecule has 1 amide bonds. The van der Waals surface area contributed by atoms with Crippen LogP contribution in [0.1, 0.15) is 13.8 Å². The molecule has 0 saturated heterocycles. The fourth-order valence-corrected chi connectivity index (χ4v) is 2.23. The fourth-order valence-electron chi connectivity index (χ4n) is 1.26. The summed E-state index contributed by atoms with van der Waals surface area (Å²) in [5.41, 5.74) is 6.95. The van der Waals surface area contributed by atoms with Crippen LogP contribution in [-0.4, -0.2) is 28.1 Å².